The summed E-state index contributed by atoms with van der Waals surface area (Å²) in [7, 11) is 0. The van der Waals surface area contributed by atoms with E-state index >= 15 is 0 Å². The fourth-order valence-electron chi connectivity index (χ4n) is 2.36. The molecule has 4 nitrogen and oxygen atoms in total. The third-order valence-electron chi connectivity index (χ3n) is 3.58. The third-order valence-corrected chi connectivity index (χ3v) is 3.58. The normalized spacial score (nSPS) is 24.1. The van der Waals surface area contributed by atoms with Crippen molar-refractivity contribution < 1.29 is 14.6 Å². The first-order valence-corrected chi connectivity index (χ1v) is 6.74. The molecule has 1 amide bonds. The number of hydrogen-bond donors (Lipinski definition) is 2. The van der Waals surface area contributed by atoms with Crippen molar-refractivity contribution in [2.45, 2.75) is 37.8 Å². The lowest BCUT2D eigenvalue weighted by Crippen LogP contribution is -2.50. The molecule has 1 saturated heterocycles. The van der Waals surface area contributed by atoms with Crippen molar-refractivity contribution in [2.75, 3.05) is 13.2 Å². The molecule has 2 atom stereocenters. The van der Waals surface area contributed by atoms with Crippen molar-refractivity contribution in [2.24, 2.45) is 0 Å². The SMILES string of the molecule is CC1(C(=O)N[C@H](CO)Cc2ccccc2)CCCO1. The fourth-order valence-corrected chi connectivity index (χ4v) is 2.36. The smallest absolute Gasteiger partial charge is 0.252 e. The largest absolute Gasteiger partial charge is 0.394 e. The fraction of sp³-hybridized carbons (Fsp3) is 0.533. The van der Waals surface area contributed by atoms with Gasteiger partial charge in [-0.15, -0.1) is 0 Å². The van der Waals surface area contributed by atoms with Crippen molar-refractivity contribution in [3.05, 3.63) is 35.9 Å². The van der Waals surface area contributed by atoms with Crippen molar-refractivity contribution in [3.63, 3.8) is 0 Å². The van der Waals surface area contributed by atoms with Crippen LogP contribution in [0.25, 0.3) is 0 Å². The highest BCUT2D eigenvalue weighted by molar-refractivity contribution is 5.85. The molecule has 0 radical (unpaired) electrons. The highest BCUT2D eigenvalue weighted by Crippen LogP contribution is 2.25. The van der Waals surface area contributed by atoms with Gasteiger partial charge in [-0.1, -0.05) is 30.3 Å². The highest BCUT2D eigenvalue weighted by atomic mass is 16.5. The van der Waals surface area contributed by atoms with E-state index in [-0.39, 0.29) is 18.6 Å². The second-order valence-corrected chi connectivity index (χ2v) is 5.23. The van der Waals surface area contributed by atoms with E-state index in [1.165, 1.54) is 0 Å². The maximum atomic E-state index is 12.2. The maximum absolute atomic E-state index is 12.2. The molecular weight excluding hydrogens is 242 g/mol. The Morgan fingerprint density at radius 1 is 1.47 bits per heavy atom. The molecule has 0 aliphatic carbocycles. The number of nitrogens with one attached hydrogen (secondary N) is 1. The van der Waals surface area contributed by atoms with Crippen LogP contribution in [0, 0.1) is 0 Å². The molecule has 0 aromatic heterocycles. The molecule has 19 heavy (non-hydrogen) atoms. The van der Waals surface area contributed by atoms with Crippen LogP contribution >= 0.6 is 0 Å². The molecule has 104 valence electrons. The number of carbonyl (C=O) groups is 1. The van der Waals surface area contributed by atoms with Crippen molar-refractivity contribution in [1.29, 1.82) is 0 Å². The summed E-state index contributed by atoms with van der Waals surface area (Å²) >= 11 is 0. The van der Waals surface area contributed by atoms with Gasteiger partial charge in [0.1, 0.15) is 5.60 Å². The Bertz CT molecular complexity index is 413. The van der Waals surface area contributed by atoms with Crippen LogP contribution in [0.2, 0.25) is 0 Å². The van der Waals surface area contributed by atoms with Crippen LogP contribution in [0.15, 0.2) is 30.3 Å². The van der Waals surface area contributed by atoms with Gasteiger partial charge in [0.2, 0.25) is 0 Å². The van der Waals surface area contributed by atoms with Gasteiger partial charge in [-0.05, 0) is 31.7 Å². The molecule has 1 fully saturated rings. The summed E-state index contributed by atoms with van der Waals surface area (Å²) in [6, 6.07) is 9.56. The first kappa shape index (κ1) is 14.0. The number of ether oxygens (including phenoxy) is 1. The first-order chi connectivity index (χ1) is 9.14. The van der Waals surface area contributed by atoms with Gasteiger partial charge in [0.05, 0.1) is 12.6 Å². The van der Waals surface area contributed by atoms with Crippen molar-refractivity contribution in [1.82, 2.24) is 5.32 Å². The number of aliphatic hydroxyl groups is 1. The monoisotopic (exact) mass is 263 g/mol. The molecule has 0 bridgehead atoms. The molecule has 2 N–H and O–H groups in total. The summed E-state index contributed by atoms with van der Waals surface area (Å²) < 4.78 is 5.50. The molecule has 1 aliphatic heterocycles. The number of hydrogen-bond acceptors (Lipinski definition) is 3. The van der Waals surface area contributed by atoms with E-state index in [4.69, 9.17) is 4.74 Å². The average Bonchev–Trinajstić information content (AvgIpc) is 2.87. The van der Waals surface area contributed by atoms with Crippen molar-refractivity contribution >= 4 is 5.91 Å². The van der Waals surface area contributed by atoms with Crippen LogP contribution in [-0.4, -0.2) is 35.9 Å². The third kappa shape index (κ3) is 3.55. The molecule has 1 unspecified atom stereocenters. The summed E-state index contributed by atoms with van der Waals surface area (Å²) in [5.74, 6) is -0.125. The average molecular weight is 263 g/mol. The van der Waals surface area contributed by atoms with Gasteiger partial charge in [-0.3, -0.25) is 4.79 Å². The first-order valence-electron chi connectivity index (χ1n) is 6.74. The minimum Gasteiger partial charge on any atom is -0.394 e. The van der Waals surface area contributed by atoms with Crippen LogP contribution in [-0.2, 0) is 16.0 Å². The van der Waals surface area contributed by atoms with E-state index in [9.17, 15) is 9.90 Å². The minimum absolute atomic E-state index is 0.0727. The lowest BCUT2D eigenvalue weighted by atomic mass is 10.00. The molecule has 0 spiro atoms. The Morgan fingerprint density at radius 3 is 2.79 bits per heavy atom. The minimum atomic E-state index is -0.732. The summed E-state index contributed by atoms with van der Waals surface area (Å²) in [5, 5.41) is 12.3. The van der Waals surface area contributed by atoms with E-state index < -0.39 is 5.60 Å². The number of carbonyl (C=O) groups excluding carboxylic acids is 1. The van der Waals surface area contributed by atoms with E-state index in [2.05, 4.69) is 5.32 Å². The van der Waals surface area contributed by atoms with E-state index in [1.807, 2.05) is 37.3 Å². The predicted molar refractivity (Wildman–Crippen MR) is 72.8 cm³/mol. The van der Waals surface area contributed by atoms with E-state index in [0.717, 1.165) is 18.4 Å². The summed E-state index contributed by atoms with van der Waals surface area (Å²) in [4.78, 5) is 12.2. The van der Waals surface area contributed by atoms with E-state index in [1.54, 1.807) is 0 Å². The molecule has 1 heterocycles. The van der Waals surface area contributed by atoms with Gasteiger partial charge in [0.25, 0.3) is 5.91 Å². The number of aliphatic hydroxyl groups excluding tert-OH is 1. The van der Waals surface area contributed by atoms with Gasteiger partial charge >= 0.3 is 0 Å². The Hall–Kier alpha value is -1.39. The standard InChI is InChI=1S/C15H21NO3/c1-15(8-5-9-19-15)14(18)16-13(11-17)10-12-6-3-2-4-7-12/h2-4,6-7,13,17H,5,8-11H2,1H3,(H,16,18)/t13-,15?/m0/s1. The number of benzene rings is 1. The zero-order chi connectivity index (χ0) is 13.7. The molecule has 1 aromatic carbocycles. The molecule has 1 aliphatic rings. The zero-order valence-corrected chi connectivity index (χ0v) is 11.3. The number of amides is 1. The molecule has 0 saturated carbocycles. The Labute approximate surface area is 113 Å². The Balaban J connectivity index is 1.94. The maximum Gasteiger partial charge on any atom is 0.252 e. The van der Waals surface area contributed by atoms with Gasteiger partial charge in [-0.2, -0.15) is 0 Å². The molecule has 2 rings (SSSR count). The highest BCUT2D eigenvalue weighted by Gasteiger charge is 2.38. The zero-order valence-electron chi connectivity index (χ0n) is 11.3. The van der Waals surface area contributed by atoms with Gasteiger partial charge in [0.15, 0.2) is 0 Å². The lowest BCUT2D eigenvalue weighted by Gasteiger charge is -2.25. The summed E-state index contributed by atoms with van der Waals surface area (Å²) in [5.41, 5.74) is 0.365. The topological polar surface area (TPSA) is 58.6 Å². The number of rotatable bonds is 5. The van der Waals surface area contributed by atoms with Gasteiger partial charge in [-0.25, -0.2) is 0 Å². The van der Waals surface area contributed by atoms with Gasteiger partial charge in [0, 0.05) is 6.61 Å². The second kappa shape index (κ2) is 6.17. The Morgan fingerprint density at radius 2 is 2.21 bits per heavy atom. The molecule has 1 aromatic rings. The Kier molecular flexibility index (Phi) is 4.56. The van der Waals surface area contributed by atoms with Crippen LogP contribution < -0.4 is 5.32 Å². The van der Waals surface area contributed by atoms with E-state index in [0.29, 0.717) is 13.0 Å². The van der Waals surface area contributed by atoms with Crippen molar-refractivity contribution in [3.8, 4) is 0 Å². The quantitative estimate of drug-likeness (QED) is 0.841. The lowest BCUT2D eigenvalue weighted by molar-refractivity contribution is -0.140. The van der Waals surface area contributed by atoms with Crippen LogP contribution in [0.3, 0.4) is 0 Å². The molecule has 4 heteroatoms. The van der Waals surface area contributed by atoms with Gasteiger partial charge < -0.3 is 15.2 Å². The summed E-state index contributed by atoms with van der Waals surface area (Å²) in [6.45, 7) is 2.37. The van der Waals surface area contributed by atoms with Crippen LogP contribution in [0.4, 0.5) is 0 Å². The summed E-state index contributed by atoms with van der Waals surface area (Å²) in [6.07, 6.45) is 2.27. The second-order valence-electron chi connectivity index (χ2n) is 5.23. The molecular formula is C15H21NO3. The predicted octanol–water partition coefficient (Wildman–Crippen LogP) is 1.28. The van der Waals surface area contributed by atoms with Crippen LogP contribution in [0.1, 0.15) is 25.3 Å². The van der Waals surface area contributed by atoms with Crippen LogP contribution in [0.5, 0.6) is 0 Å².